The maximum absolute atomic E-state index is 11.6. The molecule has 1 saturated carbocycles. The Kier molecular flexibility index (Phi) is 6.07. The van der Waals surface area contributed by atoms with E-state index in [9.17, 15) is 9.90 Å². The quantitative estimate of drug-likeness (QED) is 0.645. The Hall–Kier alpha value is -1.75. The fraction of sp³-hybridized carbons (Fsp3) is 0.588. The molecule has 1 aliphatic rings. The molecule has 0 spiro atoms. The summed E-state index contributed by atoms with van der Waals surface area (Å²) in [6, 6.07) is 10.1. The van der Waals surface area contributed by atoms with Crippen molar-refractivity contribution in [2.45, 2.75) is 37.7 Å². The van der Waals surface area contributed by atoms with Gasteiger partial charge < -0.3 is 20.6 Å². The molecule has 1 aromatic rings. The van der Waals surface area contributed by atoms with Crippen molar-refractivity contribution in [2.24, 2.45) is 0 Å². The minimum Gasteiger partial charge on any atom is -0.388 e. The summed E-state index contributed by atoms with van der Waals surface area (Å²) >= 11 is 0. The first-order chi connectivity index (χ1) is 10.6. The summed E-state index contributed by atoms with van der Waals surface area (Å²) in [4.78, 5) is 13.8. The van der Waals surface area contributed by atoms with E-state index in [2.05, 4.69) is 34.7 Å². The molecular weight excluding hydrogens is 278 g/mol. The summed E-state index contributed by atoms with van der Waals surface area (Å²) in [5, 5.41) is 15.5. The average Bonchev–Trinajstić information content (AvgIpc) is 2.51. The largest absolute Gasteiger partial charge is 0.388 e. The van der Waals surface area contributed by atoms with E-state index in [1.165, 1.54) is 5.69 Å². The summed E-state index contributed by atoms with van der Waals surface area (Å²) in [5.74, 6) is 0. The molecule has 1 fully saturated rings. The van der Waals surface area contributed by atoms with Crippen molar-refractivity contribution in [2.75, 3.05) is 31.6 Å². The third kappa shape index (κ3) is 5.22. The number of nitrogens with zero attached hydrogens (tertiary/aromatic N) is 1. The van der Waals surface area contributed by atoms with E-state index >= 15 is 0 Å². The number of carbonyl (C=O) groups excluding carboxylic acids is 1. The highest BCUT2D eigenvalue weighted by atomic mass is 16.3. The zero-order chi connectivity index (χ0) is 15.8. The molecule has 1 aromatic carbocycles. The van der Waals surface area contributed by atoms with Gasteiger partial charge in [-0.25, -0.2) is 4.79 Å². The molecule has 0 aliphatic heterocycles. The third-order valence-corrected chi connectivity index (χ3v) is 4.27. The lowest BCUT2D eigenvalue weighted by atomic mass is 9.80. The smallest absolute Gasteiger partial charge is 0.314 e. The first-order valence-corrected chi connectivity index (χ1v) is 8.09. The summed E-state index contributed by atoms with van der Waals surface area (Å²) in [5.41, 5.74) is 0.553. The Morgan fingerprint density at radius 3 is 2.59 bits per heavy atom. The topological polar surface area (TPSA) is 64.6 Å². The molecule has 3 N–H and O–H groups in total. The van der Waals surface area contributed by atoms with Gasteiger partial charge in [-0.1, -0.05) is 18.2 Å². The second-order valence-corrected chi connectivity index (χ2v) is 6.15. The Bertz CT molecular complexity index is 460. The second-order valence-electron chi connectivity index (χ2n) is 6.15. The average molecular weight is 305 g/mol. The molecule has 0 atom stereocenters. The van der Waals surface area contributed by atoms with Crippen LogP contribution < -0.4 is 15.5 Å². The van der Waals surface area contributed by atoms with Crippen LogP contribution in [0.15, 0.2) is 30.3 Å². The molecule has 5 nitrogen and oxygen atoms in total. The van der Waals surface area contributed by atoms with Crippen molar-refractivity contribution >= 4 is 11.7 Å². The number of amides is 2. The molecule has 22 heavy (non-hydrogen) atoms. The van der Waals surface area contributed by atoms with Gasteiger partial charge in [-0.2, -0.15) is 0 Å². The van der Waals surface area contributed by atoms with Crippen LogP contribution in [0.25, 0.3) is 0 Å². The maximum Gasteiger partial charge on any atom is 0.314 e. The Morgan fingerprint density at radius 1 is 1.23 bits per heavy atom. The SMILES string of the molecule is CN(CCCCNC(=O)NCC1(O)CCC1)c1ccccc1. The summed E-state index contributed by atoms with van der Waals surface area (Å²) in [7, 11) is 2.08. The monoisotopic (exact) mass is 305 g/mol. The summed E-state index contributed by atoms with van der Waals surface area (Å²) < 4.78 is 0. The molecule has 2 rings (SSSR count). The lowest BCUT2D eigenvalue weighted by Gasteiger charge is -2.36. The Labute approximate surface area is 132 Å². The molecule has 122 valence electrons. The molecule has 0 aromatic heterocycles. The van der Waals surface area contributed by atoms with Gasteiger partial charge in [-0.15, -0.1) is 0 Å². The number of urea groups is 1. The number of hydrogen-bond donors (Lipinski definition) is 3. The third-order valence-electron chi connectivity index (χ3n) is 4.27. The first-order valence-electron chi connectivity index (χ1n) is 8.09. The first kappa shape index (κ1) is 16.6. The van der Waals surface area contributed by atoms with Gasteiger partial charge in [0, 0.05) is 32.4 Å². The van der Waals surface area contributed by atoms with Crippen LogP contribution in [0.4, 0.5) is 10.5 Å². The molecule has 0 radical (unpaired) electrons. The van der Waals surface area contributed by atoms with Crippen molar-refractivity contribution in [3.8, 4) is 0 Å². The van der Waals surface area contributed by atoms with Crippen LogP contribution in [0.5, 0.6) is 0 Å². The highest BCUT2D eigenvalue weighted by Gasteiger charge is 2.34. The molecule has 0 heterocycles. The fourth-order valence-corrected chi connectivity index (χ4v) is 2.56. The zero-order valence-electron chi connectivity index (χ0n) is 13.3. The van der Waals surface area contributed by atoms with E-state index in [-0.39, 0.29) is 6.03 Å². The van der Waals surface area contributed by atoms with Crippen LogP contribution in [0.3, 0.4) is 0 Å². The number of para-hydroxylation sites is 1. The number of unbranched alkanes of at least 4 members (excludes halogenated alkanes) is 1. The second kappa shape index (κ2) is 8.03. The predicted octanol–water partition coefficient (Wildman–Crippen LogP) is 2.12. The number of anilines is 1. The van der Waals surface area contributed by atoms with Gasteiger partial charge >= 0.3 is 6.03 Å². The van der Waals surface area contributed by atoms with Crippen LogP contribution in [-0.4, -0.2) is 43.4 Å². The van der Waals surface area contributed by atoms with Gasteiger partial charge in [0.2, 0.25) is 0 Å². The molecular formula is C17H27N3O2. The van der Waals surface area contributed by atoms with Crippen molar-refractivity contribution in [1.82, 2.24) is 10.6 Å². The van der Waals surface area contributed by atoms with Gasteiger partial charge in [0.1, 0.15) is 0 Å². The highest BCUT2D eigenvalue weighted by molar-refractivity contribution is 5.73. The Morgan fingerprint density at radius 2 is 1.95 bits per heavy atom. The van der Waals surface area contributed by atoms with Gasteiger partial charge in [0.15, 0.2) is 0 Å². The van der Waals surface area contributed by atoms with E-state index in [1.54, 1.807) is 0 Å². The van der Waals surface area contributed by atoms with E-state index in [0.29, 0.717) is 13.1 Å². The van der Waals surface area contributed by atoms with Crippen LogP contribution in [0.2, 0.25) is 0 Å². The molecule has 0 bridgehead atoms. The number of carbonyl (C=O) groups is 1. The standard InChI is InChI=1S/C17H27N3O2/c1-20(15-8-3-2-4-9-15)13-6-5-12-18-16(21)19-14-17(22)10-7-11-17/h2-4,8-9,22H,5-7,10-14H2,1H3,(H2,18,19,21). The molecule has 0 unspecified atom stereocenters. The minimum atomic E-state index is -0.657. The van der Waals surface area contributed by atoms with Crippen molar-refractivity contribution in [1.29, 1.82) is 0 Å². The summed E-state index contributed by atoms with van der Waals surface area (Å²) in [6.07, 6.45) is 4.59. The number of aliphatic hydroxyl groups is 1. The molecule has 5 heteroatoms. The van der Waals surface area contributed by atoms with Crippen LogP contribution in [-0.2, 0) is 0 Å². The normalized spacial score (nSPS) is 15.7. The van der Waals surface area contributed by atoms with E-state index in [0.717, 1.165) is 38.6 Å². The summed E-state index contributed by atoms with van der Waals surface area (Å²) in [6.45, 7) is 1.98. The molecule has 2 amide bonds. The predicted molar refractivity (Wildman–Crippen MR) is 89.1 cm³/mol. The molecule has 1 aliphatic carbocycles. The fourth-order valence-electron chi connectivity index (χ4n) is 2.56. The van der Waals surface area contributed by atoms with E-state index in [4.69, 9.17) is 0 Å². The van der Waals surface area contributed by atoms with Crippen molar-refractivity contribution in [3.05, 3.63) is 30.3 Å². The van der Waals surface area contributed by atoms with Gasteiger partial charge in [0.05, 0.1) is 5.60 Å². The number of benzene rings is 1. The van der Waals surface area contributed by atoms with E-state index in [1.807, 2.05) is 18.2 Å². The van der Waals surface area contributed by atoms with Crippen LogP contribution >= 0.6 is 0 Å². The van der Waals surface area contributed by atoms with Gasteiger partial charge in [-0.3, -0.25) is 0 Å². The number of nitrogens with one attached hydrogen (secondary N) is 2. The lowest BCUT2D eigenvalue weighted by Crippen LogP contribution is -2.50. The molecule has 0 saturated heterocycles. The maximum atomic E-state index is 11.6. The van der Waals surface area contributed by atoms with Crippen molar-refractivity contribution < 1.29 is 9.90 Å². The van der Waals surface area contributed by atoms with Crippen LogP contribution in [0, 0.1) is 0 Å². The highest BCUT2D eigenvalue weighted by Crippen LogP contribution is 2.30. The van der Waals surface area contributed by atoms with Gasteiger partial charge in [-0.05, 0) is 44.2 Å². The number of rotatable bonds is 8. The van der Waals surface area contributed by atoms with Crippen molar-refractivity contribution in [3.63, 3.8) is 0 Å². The van der Waals surface area contributed by atoms with Crippen LogP contribution in [0.1, 0.15) is 32.1 Å². The van der Waals surface area contributed by atoms with Gasteiger partial charge in [0.25, 0.3) is 0 Å². The Balaban J connectivity index is 1.51. The minimum absolute atomic E-state index is 0.184. The lowest BCUT2D eigenvalue weighted by molar-refractivity contribution is -0.0290. The van der Waals surface area contributed by atoms with E-state index < -0.39 is 5.60 Å². The number of hydrogen-bond acceptors (Lipinski definition) is 3. The zero-order valence-corrected chi connectivity index (χ0v) is 13.3.